The van der Waals surface area contributed by atoms with E-state index < -0.39 is 49.9 Å². The van der Waals surface area contributed by atoms with Crippen LogP contribution in [0.3, 0.4) is 0 Å². The Balaban J connectivity index is 1.30. The van der Waals surface area contributed by atoms with Crippen LogP contribution in [-0.2, 0) is 19.5 Å². The first kappa shape index (κ1) is 36.7. The van der Waals surface area contributed by atoms with Gasteiger partial charge in [0.25, 0.3) is 15.8 Å². The summed E-state index contributed by atoms with van der Waals surface area (Å²) in [4.78, 5) is 10.6. The molecule has 2 aromatic carbocycles. The molecule has 4 aromatic heterocycles. The van der Waals surface area contributed by atoms with Crippen LogP contribution in [0.2, 0.25) is 0 Å². The minimum absolute atomic E-state index is 0.000840. The molecule has 0 aliphatic carbocycles. The predicted molar refractivity (Wildman–Crippen MR) is 184 cm³/mol. The predicted octanol–water partition coefficient (Wildman–Crippen LogP) is 6.31. The number of azo groups is 2. The van der Waals surface area contributed by atoms with Crippen molar-refractivity contribution >= 4 is 74.0 Å². The number of hydrogen-bond acceptors (Lipinski definition) is 19. The molecule has 0 aliphatic heterocycles. The van der Waals surface area contributed by atoms with E-state index >= 15 is 0 Å². The normalized spacial score (nSPS) is 12.1. The Labute approximate surface area is 305 Å². The highest BCUT2D eigenvalue weighted by Gasteiger charge is 2.22. The van der Waals surface area contributed by atoms with Gasteiger partial charge in [-0.15, -0.1) is 14.6 Å². The van der Waals surface area contributed by atoms with Gasteiger partial charge in [-0.1, -0.05) is 29.3 Å². The van der Waals surface area contributed by atoms with Gasteiger partial charge in [-0.3, -0.25) is 4.55 Å². The zero-order chi connectivity index (χ0) is 38.9. The highest BCUT2D eigenvalue weighted by Crippen LogP contribution is 2.40. The number of nitriles is 1. The smallest absolute Gasteiger partial charge is 0.295 e. The van der Waals surface area contributed by atoms with E-state index in [1.165, 1.54) is 56.3 Å². The van der Waals surface area contributed by atoms with Gasteiger partial charge in [-0.25, -0.2) is 15.1 Å². The second-order valence-electron chi connectivity index (χ2n) is 10.7. The van der Waals surface area contributed by atoms with Gasteiger partial charge >= 0.3 is 0 Å². The summed E-state index contributed by atoms with van der Waals surface area (Å²) in [5.74, 6) is -2.85. The van der Waals surface area contributed by atoms with Gasteiger partial charge in [0.2, 0.25) is 34.9 Å². The van der Waals surface area contributed by atoms with E-state index in [2.05, 4.69) is 54.8 Å². The van der Waals surface area contributed by atoms with E-state index in [0.29, 0.717) is 17.6 Å². The van der Waals surface area contributed by atoms with E-state index in [9.17, 15) is 38.7 Å². The fraction of sp³-hybridized carbons (Fsp3) is 0.0667. The zero-order valence-corrected chi connectivity index (χ0v) is 28.8. The van der Waals surface area contributed by atoms with Crippen molar-refractivity contribution in [3.05, 3.63) is 75.9 Å². The molecule has 0 amide bonds. The standard InChI is InChI=1S/C30H20N12O10S2/c1-13-19(12-31)25-33-27(43)23(29(45)41(25)39-13)37-35-17-8-6-15(20(10-17)53-52-51-47)4-5-16-7-9-18(11-21(16)54(48,49)50)36-38-24-28(44)34-26-22(32-3)14(2)40-42(26)30(24)46/h4-11,45-47H,1-2H3,(H,33,43)(H,34,44)(H,48,49,50)/b5-4+,37-35?,38-36?. The molecule has 24 heteroatoms. The van der Waals surface area contributed by atoms with E-state index in [1.54, 1.807) is 0 Å². The van der Waals surface area contributed by atoms with Crippen molar-refractivity contribution in [3.8, 4) is 29.6 Å². The highest BCUT2D eigenvalue weighted by molar-refractivity contribution is 7.94. The molecule has 0 aliphatic rings. The number of aromatic hydroxyl groups is 4. The molecular formula is C30H20N12O10S2. The molecule has 0 bridgehead atoms. The van der Waals surface area contributed by atoms with Crippen LogP contribution in [-0.4, -0.2) is 67.9 Å². The number of nitrogens with zero attached hydrogens (tertiary/aromatic N) is 12. The molecule has 0 radical (unpaired) electrons. The molecule has 6 rings (SSSR count). The van der Waals surface area contributed by atoms with Gasteiger partial charge in [-0.2, -0.15) is 48.1 Å². The van der Waals surface area contributed by atoms with Crippen LogP contribution in [0.1, 0.15) is 28.1 Å². The van der Waals surface area contributed by atoms with Crippen LogP contribution in [0.25, 0.3) is 28.3 Å². The maximum atomic E-state index is 12.4. The van der Waals surface area contributed by atoms with Gasteiger partial charge < -0.3 is 20.4 Å². The van der Waals surface area contributed by atoms with Crippen LogP contribution in [0.15, 0.2) is 66.6 Å². The van der Waals surface area contributed by atoms with Gasteiger partial charge in [0, 0.05) is 4.90 Å². The number of aromatic nitrogens is 6. The molecule has 0 atom stereocenters. The molecule has 6 N–H and O–H groups in total. The van der Waals surface area contributed by atoms with Crippen molar-refractivity contribution in [1.29, 1.82) is 5.26 Å². The number of rotatable bonds is 10. The van der Waals surface area contributed by atoms with Crippen LogP contribution >= 0.6 is 12.0 Å². The maximum Gasteiger partial charge on any atom is 0.295 e. The quantitative estimate of drug-likeness (QED) is 0.0169. The van der Waals surface area contributed by atoms with E-state index in [-0.39, 0.29) is 55.8 Å². The average molecular weight is 773 g/mol. The molecule has 0 fully saturated rings. The maximum absolute atomic E-state index is 12.4. The van der Waals surface area contributed by atoms with Crippen LogP contribution in [0.5, 0.6) is 23.5 Å². The Hall–Kier alpha value is -7.06. The fourth-order valence-electron chi connectivity index (χ4n) is 4.86. The van der Waals surface area contributed by atoms with Gasteiger partial charge in [0.15, 0.2) is 11.3 Å². The fourth-order valence-corrected chi connectivity index (χ4v) is 6.07. The summed E-state index contributed by atoms with van der Waals surface area (Å²) in [6.45, 7) is 10.3. The molecule has 272 valence electrons. The topological polar surface area (TPSA) is 312 Å². The lowest BCUT2D eigenvalue weighted by Gasteiger charge is -2.07. The summed E-state index contributed by atoms with van der Waals surface area (Å²) in [7, 11) is -4.87. The molecule has 0 saturated heterocycles. The molecule has 22 nitrogen and oxygen atoms in total. The average Bonchev–Trinajstić information content (AvgIpc) is 3.63. The SMILES string of the molecule is [C-]#[N+]c1c(C)nn2c(O)c(N=Nc3ccc(/C=C/c4ccc(N=Nc5c(O)nc6c(C#N)c(C)nn6c5O)cc4SOOO)c(S(=O)(=O)O)c3)c(O)nc12. The summed E-state index contributed by atoms with van der Waals surface area (Å²) >= 11 is 0.513. The summed E-state index contributed by atoms with van der Waals surface area (Å²) in [5, 5.41) is 87.3. The first-order valence-corrected chi connectivity index (χ1v) is 16.8. The van der Waals surface area contributed by atoms with Crippen molar-refractivity contribution in [3.63, 3.8) is 0 Å². The highest BCUT2D eigenvalue weighted by atomic mass is 32.2. The molecular weight excluding hydrogens is 753 g/mol. The van der Waals surface area contributed by atoms with E-state index in [0.717, 1.165) is 15.1 Å². The Kier molecular flexibility index (Phi) is 9.87. The Bertz CT molecular complexity index is 2800. The van der Waals surface area contributed by atoms with Gasteiger partial charge in [0.05, 0.1) is 41.4 Å². The minimum atomic E-state index is -4.87. The molecule has 0 unspecified atom stereocenters. The minimum Gasteiger partial charge on any atom is -0.492 e. The molecule has 0 saturated carbocycles. The van der Waals surface area contributed by atoms with Gasteiger partial charge in [0.1, 0.15) is 16.5 Å². The second-order valence-corrected chi connectivity index (χ2v) is 12.8. The molecule has 0 spiro atoms. The lowest BCUT2D eigenvalue weighted by Crippen LogP contribution is -2.00. The largest absolute Gasteiger partial charge is 0.492 e. The Morgan fingerprint density at radius 3 is 2.02 bits per heavy atom. The van der Waals surface area contributed by atoms with Gasteiger partial charge in [-0.05, 0) is 49.2 Å². The summed E-state index contributed by atoms with van der Waals surface area (Å²) in [5.41, 5.74) is -0.365. The van der Waals surface area contributed by atoms with Crippen molar-refractivity contribution in [1.82, 2.24) is 29.2 Å². The monoisotopic (exact) mass is 772 g/mol. The zero-order valence-electron chi connectivity index (χ0n) is 27.1. The Morgan fingerprint density at radius 1 is 0.870 bits per heavy atom. The van der Waals surface area contributed by atoms with Crippen molar-refractivity contribution in [2.45, 2.75) is 23.6 Å². The summed E-state index contributed by atoms with van der Waals surface area (Å²) < 4.78 is 41.1. The van der Waals surface area contributed by atoms with E-state index in [1.807, 2.05) is 6.07 Å². The Morgan fingerprint density at radius 2 is 1.43 bits per heavy atom. The lowest BCUT2D eigenvalue weighted by atomic mass is 10.1. The van der Waals surface area contributed by atoms with Crippen molar-refractivity contribution < 1.29 is 48.0 Å². The number of fused-ring (bicyclic) bond motifs is 2. The van der Waals surface area contributed by atoms with E-state index in [4.69, 9.17) is 11.8 Å². The molecule has 4 heterocycles. The third-order valence-electron chi connectivity index (χ3n) is 7.34. The third-order valence-corrected chi connectivity index (χ3v) is 8.91. The third kappa shape index (κ3) is 6.92. The summed E-state index contributed by atoms with van der Waals surface area (Å²) in [6.07, 6.45) is 2.73. The lowest BCUT2D eigenvalue weighted by molar-refractivity contribution is -0.432. The molecule has 6 aromatic rings. The number of benzene rings is 2. The molecule has 54 heavy (non-hydrogen) atoms. The summed E-state index contributed by atoms with van der Waals surface area (Å²) in [6, 6.07) is 9.76. The van der Waals surface area contributed by atoms with Crippen LogP contribution in [0, 0.1) is 31.8 Å². The van der Waals surface area contributed by atoms with Crippen LogP contribution < -0.4 is 0 Å². The van der Waals surface area contributed by atoms with Crippen molar-refractivity contribution in [2.24, 2.45) is 20.5 Å². The first-order valence-electron chi connectivity index (χ1n) is 14.6. The van der Waals surface area contributed by atoms with Crippen molar-refractivity contribution in [2.75, 3.05) is 0 Å². The van der Waals surface area contributed by atoms with Crippen LogP contribution in [0.4, 0.5) is 28.4 Å². The number of aryl methyl sites for hydroxylation is 2. The first-order chi connectivity index (χ1) is 25.7. The number of hydrogen-bond donors (Lipinski definition) is 6. The second kappa shape index (κ2) is 14.5.